The molecule has 1 aliphatic carbocycles. The van der Waals surface area contributed by atoms with Crippen molar-refractivity contribution in [3.63, 3.8) is 0 Å². The van der Waals surface area contributed by atoms with Crippen LogP contribution in [0.25, 0.3) is 0 Å². The number of hydrogen-bond acceptors (Lipinski definition) is 6. The Labute approximate surface area is 221 Å². The van der Waals surface area contributed by atoms with Crippen molar-refractivity contribution >= 4 is 23.2 Å². The molecule has 0 bridgehead atoms. The summed E-state index contributed by atoms with van der Waals surface area (Å²) in [5, 5.41) is 2.01. The van der Waals surface area contributed by atoms with Crippen LogP contribution in [0.1, 0.15) is 34.8 Å². The minimum absolute atomic E-state index is 0.0521. The summed E-state index contributed by atoms with van der Waals surface area (Å²) in [6.45, 7) is 2.20. The number of carbonyl (C=O) groups excluding carboxylic acids is 2. The van der Waals surface area contributed by atoms with E-state index in [0.717, 1.165) is 16.9 Å². The maximum absolute atomic E-state index is 13.7. The van der Waals surface area contributed by atoms with Crippen LogP contribution in [0.15, 0.2) is 66.0 Å². The number of carbonyl (C=O) groups is 2. The van der Waals surface area contributed by atoms with Crippen LogP contribution >= 0.6 is 11.3 Å². The fourth-order valence-electron chi connectivity index (χ4n) is 4.78. The number of methoxy groups -OCH3 is 1. The van der Waals surface area contributed by atoms with Crippen molar-refractivity contribution in [3.05, 3.63) is 82.0 Å². The molecule has 0 radical (unpaired) electrons. The molecule has 1 unspecified atom stereocenters. The SMILES string of the molecule is COCCCN(CC(=O)N(Cc1ccc2c(c1)OCO2)Cc1cccs1)C(=O)C1C[C@H]1c1ccccc1. The van der Waals surface area contributed by atoms with Crippen LogP contribution in [0.2, 0.25) is 0 Å². The molecule has 0 spiro atoms. The Balaban J connectivity index is 1.30. The molecule has 2 atom stereocenters. The molecule has 5 rings (SSSR count). The van der Waals surface area contributed by atoms with Gasteiger partial charge in [-0.25, -0.2) is 0 Å². The van der Waals surface area contributed by atoms with E-state index in [1.165, 1.54) is 5.56 Å². The Kier molecular flexibility index (Phi) is 8.06. The second-order valence-corrected chi connectivity index (χ2v) is 10.5. The van der Waals surface area contributed by atoms with Gasteiger partial charge in [0.25, 0.3) is 0 Å². The monoisotopic (exact) mass is 520 g/mol. The van der Waals surface area contributed by atoms with E-state index >= 15 is 0 Å². The highest BCUT2D eigenvalue weighted by molar-refractivity contribution is 7.09. The lowest BCUT2D eigenvalue weighted by Gasteiger charge is -2.28. The van der Waals surface area contributed by atoms with Gasteiger partial charge in [-0.15, -0.1) is 11.3 Å². The van der Waals surface area contributed by atoms with Crippen molar-refractivity contribution < 1.29 is 23.8 Å². The molecule has 1 fully saturated rings. The van der Waals surface area contributed by atoms with Crippen LogP contribution in [0, 0.1) is 5.92 Å². The smallest absolute Gasteiger partial charge is 0.242 e. The highest BCUT2D eigenvalue weighted by Crippen LogP contribution is 2.48. The van der Waals surface area contributed by atoms with Crippen LogP contribution in [-0.2, 0) is 27.4 Å². The summed E-state index contributed by atoms with van der Waals surface area (Å²) in [4.78, 5) is 31.9. The van der Waals surface area contributed by atoms with E-state index in [0.29, 0.717) is 44.2 Å². The maximum Gasteiger partial charge on any atom is 0.242 e. The second-order valence-electron chi connectivity index (χ2n) is 9.48. The van der Waals surface area contributed by atoms with Gasteiger partial charge >= 0.3 is 0 Å². The number of amides is 2. The van der Waals surface area contributed by atoms with Gasteiger partial charge < -0.3 is 24.0 Å². The van der Waals surface area contributed by atoms with E-state index < -0.39 is 0 Å². The largest absolute Gasteiger partial charge is 0.454 e. The number of thiophene rings is 1. The molecule has 1 saturated carbocycles. The zero-order valence-electron chi connectivity index (χ0n) is 21.0. The van der Waals surface area contributed by atoms with Gasteiger partial charge in [0.2, 0.25) is 18.6 Å². The molecular formula is C29H32N2O5S. The van der Waals surface area contributed by atoms with Crippen molar-refractivity contribution in [1.82, 2.24) is 9.80 Å². The molecule has 8 heteroatoms. The lowest BCUT2D eigenvalue weighted by molar-refractivity contribution is -0.142. The number of benzene rings is 2. The first kappa shape index (κ1) is 25.3. The highest BCUT2D eigenvalue weighted by Gasteiger charge is 2.46. The molecule has 2 aromatic carbocycles. The molecular weight excluding hydrogens is 488 g/mol. The van der Waals surface area contributed by atoms with Gasteiger partial charge in [-0.05, 0) is 53.5 Å². The Morgan fingerprint density at radius 3 is 2.62 bits per heavy atom. The van der Waals surface area contributed by atoms with Crippen LogP contribution in [-0.4, -0.2) is 55.2 Å². The van der Waals surface area contributed by atoms with Crippen LogP contribution < -0.4 is 9.47 Å². The van der Waals surface area contributed by atoms with Crippen molar-refractivity contribution in [2.75, 3.05) is 33.6 Å². The van der Waals surface area contributed by atoms with Gasteiger partial charge in [-0.2, -0.15) is 0 Å². The van der Waals surface area contributed by atoms with Crippen molar-refractivity contribution in [2.45, 2.75) is 31.8 Å². The molecule has 194 valence electrons. The highest BCUT2D eigenvalue weighted by atomic mass is 32.1. The van der Waals surface area contributed by atoms with Crippen LogP contribution in [0.5, 0.6) is 11.5 Å². The Morgan fingerprint density at radius 2 is 1.84 bits per heavy atom. The van der Waals surface area contributed by atoms with Gasteiger partial charge in [-0.1, -0.05) is 42.5 Å². The first-order valence-electron chi connectivity index (χ1n) is 12.6. The third-order valence-corrected chi connectivity index (χ3v) is 7.70. The predicted molar refractivity (Wildman–Crippen MR) is 142 cm³/mol. The minimum atomic E-state index is -0.0752. The Hall–Kier alpha value is -3.36. The van der Waals surface area contributed by atoms with E-state index in [2.05, 4.69) is 12.1 Å². The molecule has 1 aliphatic heterocycles. The molecule has 7 nitrogen and oxygen atoms in total. The lowest BCUT2D eigenvalue weighted by Crippen LogP contribution is -2.43. The lowest BCUT2D eigenvalue weighted by atomic mass is 10.1. The van der Waals surface area contributed by atoms with Crippen molar-refractivity contribution in [1.29, 1.82) is 0 Å². The van der Waals surface area contributed by atoms with Gasteiger partial charge in [0.15, 0.2) is 11.5 Å². The number of rotatable bonds is 12. The van der Waals surface area contributed by atoms with E-state index in [9.17, 15) is 9.59 Å². The van der Waals surface area contributed by atoms with E-state index in [4.69, 9.17) is 14.2 Å². The predicted octanol–water partition coefficient (Wildman–Crippen LogP) is 4.67. The molecule has 1 aromatic heterocycles. The summed E-state index contributed by atoms with van der Waals surface area (Å²) in [7, 11) is 1.65. The number of fused-ring (bicyclic) bond motifs is 1. The Morgan fingerprint density at radius 1 is 1.00 bits per heavy atom. The maximum atomic E-state index is 13.7. The van der Waals surface area contributed by atoms with Crippen LogP contribution in [0.4, 0.5) is 0 Å². The molecule has 37 heavy (non-hydrogen) atoms. The molecule has 3 aromatic rings. The molecule has 0 N–H and O–H groups in total. The second kappa shape index (κ2) is 11.8. The quantitative estimate of drug-likeness (QED) is 0.325. The molecule has 0 saturated heterocycles. The van der Waals surface area contributed by atoms with Crippen molar-refractivity contribution in [3.8, 4) is 11.5 Å². The summed E-state index contributed by atoms with van der Waals surface area (Å²) in [6.07, 6.45) is 1.51. The topological polar surface area (TPSA) is 68.3 Å². The van der Waals surface area contributed by atoms with Gasteiger partial charge in [0, 0.05) is 37.6 Å². The fourth-order valence-corrected chi connectivity index (χ4v) is 5.50. The summed E-state index contributed by atoms with van der Waals surface area (Å²) in [5.74, 6) is 1.54. The summed E-state index contributed by atoms with van der Waals surface area (Å²) in [6, 6.07) is 19.9. The third-order valence-electron chi connectivity index (χ3n) is 6.84. The zero-order chi connectivity index (χ0) is 25.6. The zero-order valence-corrected chi connectivity index (χ0v) is 21.8. The van der Waals surface area contributed by atoms with E-state index in [1.54, 1.807) is 23.3 Å². The summed E-state index contributed by atoms with van der Waals surface area (Å²) in [5.41, 5.74) is 2.14. The molecule has 2 amide bonds. The molecule has 2 aliphatic rings. The normalized spacial score (nSPS) is 17.4. The summed E-state index contributed by atoms with van der Waals surface area (Å²) >= 11 is 1.62. The van der Waals surface area contributed by atoms with Crippen molar-refractivity contribution in [2.24, 2.45) is 5.92 Å². The minimum Gasteiger partial charge on any atom is -0.454 e. The number of hydrogen-bond donors (Lipinski definition) is 0. The summed E-state index contributed by atoms with van der Waals surface area (Å²) < 4.78 is 16.2. The molecule has 2 heterocycles. The Bertz CT molecular complexity index is 1200. The van der Waals surface area contributed by atoms with Gasteiger partial charge in [0.05, 0.1) is 13.1 Å². The number of nitrogens with zero attached hydrogens (tertiary/aromatic N) is 2. The first-order chi connectivity index (χ1) is 18.1. The van der Waals surface area contributed by atoms with E-state index in [-0.39, 0.29) is 37.0 Å². The van der Waals surface area contributed by atoms with Gasteiger partial charge in [0.1, 0.15) is 0 Å². The average molecular weight is 521 g/mol. The average Bonchev–Trinajstić information content (AvgIpc) is 3.29. The fraction of sp³-hybridized carbons (Fsp3) is 0.379. The first-order valence-corrected chi connectivity index (χ1v) is 13.5. The third kappa shape index (κ3) is 6.32. The van der Waals surface area contributed by atoms with Crippen LogP contribution in [0.3, 0.4) is 0 Å². The number of ether oxygens (including phenoxy) is 3. The van der Waals surface area contributed by atoms with Gasteiger partial charge in [-0.3, -0.25) is 9.59 Å². The standard InChI is InChI=1S/C29H32N2O5S/c1-34-13-6-12-30(29(33)25-16-24(25)22-7-3-2-4-8-22)19-28(32)31(18-23-9-5-14-37-23)17-21-10-11-26-27(15-21)36-20-35-26/h2-5,7-11,14-15,24-25H,6,12-13,16-20H2,1H3/t24-,25?/m0/s1. The van der Waals surface area contributed by atoms with E-state index in [1.807, 2.05) is 58.8 Å².